The van der Waals surface area contributed by atoms with E-state index in [-0.39, 0.29) is 0 Å². The van der Waals surface area contributed by atoms with Crippen LogP contribution in [-0.2, 0) is 0 Å². The van der Waals surface area contributed by atoms with E-state index < -0.39 is 0 Å². The van der Waals surface area contributed by atoms with Gasteiger partial charge in [-0.15, -0.1) is 0 Å². The van der Waals surface area contributed by atoms with Gasteiger partial charge in [-0.25, -0.2) is 4.98 Å². The molecule has 1 aliphatic rings. The molecule has 0 radical (unpaired) electrons. The van der Waals surface area contributed by atoms with Crippen molar-refractivity contribution in [3.05, 3.63) is 36.4 Å². The second-order valence-electron chi connectivity index (χ2n) is 4.96. The fraction of sp³-hybridized carbons (Fsp3) is 0.375. The van der Waals surface area contributed by atoms with Gasteiger partial charge in [0.25, 0.3) is 0 Å². The van der Waals surface area contributed by atoms with E-state index in [0.717, 1.165) is 43.0 Å². The molecule has 0 spiro atoms. The first-order valence-corrected chi connectivity index (χ1v) is 7.35. The van der Waals surface area contributed by atoms with Crippen LogP contribution in [0.5, 0.6) is 5.88 Å². The number of para-hydroxylation sites is 1. The van der Waals surface area contributed by atoms with Gasteiger partial charge in [0.2, 0.25) is 11.8 Å². The molecule has 1 aromatic carbocycles. The van der Waals surface area contributed by atoms with Gasteiger partial charge in [0, 0.05) is 26.2 Å². The maximum atomic E-state index is 5.81. The average molecular weight is 284 g/mol. The Morgan fingerprint density at radius 3 is 2.86 bits per heavy atom. The van der Waals surface area contributed by atoms with Crippen molar-refractivity contribution in [1.29, 1.82) is 0 Å². The Bertz CT molecular complexity index is 635. The Balaban J connectivity index is 1.97. The molecule has 5 heteroatoms. The van der Waals surface area contributed by atoms with Crippen LogP contribution in [-0.4, -0.2) is 42.8 Å². The van der Waals surface area contributed by atoms with Gasteiger partial charge in [-0.3, -0.25) is 0 Å². The van der Waals surface area contributed by atoms with Crippen molar-refractivity contribution in [2.75, 3.05) is 37.7 Å². The van der Waals surface area contributed by atoms with Crippen LogP contribution in [0.15, 0.2) is 36.4 Å². The largest absolute Gasteiger partial charge is 0.473 e. The molecule has 3 rings (SSSR count). The topological polar surface area (TPSA) is 50.3 Å². The second kappa shape index (κ2) is 6.54. The molecule has 1 aromatic heterocycles. The normalized spacial score (nSPS) is 15.8. The number of benzene rings is 1. The quantitative estimate of drug-likeness (QED) is 0.870. The summed E-state index contributed by atoms with van der Waals surface area (Å²) in [6, 6.07) is 7.98. The highest BCUT2D eigenvalue weighted by Gasteiger charge is 2.16. The first-order valence-electron chi connectivity index (χ1n) is 7.35. The summed E-state index contributed by atoms with van der Waals surface area (Å²) in [6.45, 7) is 6.28. The van der Waals surface area contributed by atoms with Gasteiger partial charge >= 0.3 is 0 Å². The summed E-state index contributed by atoms with van der Waals surface area (Å²) in [7, 11) is 0. The van der Waals surface area contributed by atoms with Gasteiger partial charge in [0.1, 0.15) is 6.61 Å². The molecule has 110 valence electrons. The van der Waals surface area contributed by atoms with Crippen LogP contribution in [0.2, 0.25) is 0 Å². The number of piperazine rings is 1. The van der Waals surface area contributed by atoms with E-state index in [9.17, 15) is 0 Å². The van der Waals surface area contributed by atoms with Gasteiger partial charge in [0.05, 0.1) is 10.9 Å². The van der Waals surface area contributed by atoms with Gasteiger partial charge in [0.15, 0.2) is 0 Å². The molecule has 0 unspecified atom stereocenters. The molecule has 0 saturated carbocycles. The number of aromatic nitrogens is 2. The van der Waals surface area contributed by atoms with Crippen molar-refractivity contribution in [2.24, 2.45) is 0 Å². The Morgan fingerprint density at radius 2 is 2.05 bits per heavy atom. The van der Waals surface area contributed by atoms with E-state index in [1.54, 1.807) is 0 Å². The molecule has 1 saturated heterocycles. The number of anilines is 1. The Hall–Kier alpha value is -2.14. The summed E-state index contributed by atoms with van der Waals surface area (Å²) < 4.78 is 5.81. The van der Waals surface area contributed by atoms with Crippen molar-refractivity contribution in [1.82, 2.24) is 15.3 Å². The minimum Gasteiger partial charge on any atom is -0.473 e. The summed E-state index contributed by atoms with van der Waals surface area (Å²) in [5.74, 6) is 1.41. The van der Waals surface area contributed by atoms with Gasteiger partial charge in [-0.05, 0) is 19.1 Å². The summed E-state index contributed by atoms with van der Waals surface area (Å²) in [6.07, 6.45) is 3.95. The Morgan fingerprint density at radius 1 is 1.24 bits per heavy atom. The number of fused-ring (bicyclic) bond motifs is 1. The predicted molar refractivity (Wildman–Crippen MR) is 84.9 cm³/mol. The molecule has 2 aromatic rings. The van der Waals surface area contributed by atoms with Crippen molar-refractivity contribution >= 4 is 16.9 Å². The van der Waals surface area contributed by atoms with E-state index in [1.165, 1.54) is 0 Å². The third-order valence-corrected chi connectivity index (χ3v) is 3.51. The first-order chi connectivity index (χ1) is 10.4. The zero-order valence-electron chi connectivity index (χ0n) is 12.2. The summed E-state index contributed by atoms with van der Waals surface area (Å²) in [4.78, 5) is 11.5. The molecule has 21 heavy (non-hydrogen) atoms. The minimum atomic E-state index is 0.526. The highest BCUT2D eigenvalue weighted by atomic mass is 16.5. The van der Waals surface area contributed by atoms with Gasteiger partial charge in [-0.1, -0.05) is 24.3 Å². The van der Waals surface area contributed by atoms with Crippen LogP contribution in [0.4, 0.5) is 5.95 Å². The molecule has 1 N–H and O–H groups in total. The molecule has 0 bridgehead atoms. The monoisotopic (exact) mass is 284 g/mol. The van der Waals surface area contributed by atoms with Crippen LogP contribution in [0.3, 0.4) is 0 Å². The van der Waals surface area contributed by atoms with E-state index in [2.05, 4.69) is 20.2 Å². The van der Waals surface area contributed by atoms with E-state index in [4.69, 9.17) is 4.74 Å². The lowest BCUT2D eigenvalue weighted by atomic mass is 10.2. The van der Waals surface area contributed by atoms with E-state index >= 15 is 0 Å². The first kappa shape index (κ1) is 13.8. The molecule has 1 aliphatic heterocycles. The SMILES string of the molecule is C/C=C/COc1nc(N2CCNCC2)nc2ccccc12. The second-order valence-corrected chi connectivity index (χ2v) is 4.96. The predicted octanol–water partition coefficient (Wildman–Crippen LogP) is 1.99. The summed E-state index contributed by atoms with van der Waals surface area (Å²) in [5, 5.41) is 4.30. The third-order valence-electron chi connectivity index (χ3n) is 3.51. The van der Waals surface area contributed by atoms with Crippen molar-refractivity contribution in [2.45, 2.75) is 6.92 Å². The standard InChI is InChI=1S/C16H20N4O/c1-2-3-12-21-15-13-6-4-5-7-14(13)18-16(19-15)20-10-8-17-9-11-20/h2-7,17H,8-12H2,1H3/b3-2+. The van der Waals surface area contributed by atoms with Crippen LogP contribution >= 0.6 is 0 Å². The molecule has 2 heterocycles. The molecule has 5 nitrogen and oxygen atoms in total. The highest BCUT2D eigenvalue weighted by Crippen LogP contribution is 2.25. The Labute approximate surface area is 124 Å². The van der Waals surface area contributed by atoms with Gasteiger partial charge < -0.3 is 15.0 Å². The number of hydrogen-bond donors (Lipinski definition) is 1. The number of allylic oxidation sites excluding steroid dienone is 1. The average Bonchev–Trinajstić information content (AvgIpc) is 2.55. The van der Waals surface area contributed by atoms with Crippen molar-refractivity contribution in [3.8, 4) is 5.88 Å². The maximum Gasteiger partial charge on any atom is 0.229 e. The lowest BCUT2D eigenvalue weighted by molar-refractivity contribution is 0.352. The fourth-order valence-corrected chi connectivity index (χ4v) is 2.38. The Kier molecular flexibility index (Phi) is 4.31. The fourth-order valence-electron chi connectivity index (χ4n) is 2.38. The van der Waals surface area contributed by atoms with Crippen LogP contribution < -0.4 is 15.0 Å². The molecular formula is C16H20N4O. The number of hydrogen-bond acceptors (Lipinski definition) is 5. The number of nitrogens with one attached hydrogen (secondary N) is 1. The molecule has 0 amide bonds. The number of ether oxygens (including phenoxy) is 1. The van der Waals surface area contributed by atoms with E-state index in [0.29, 0.717) is 12.5 Å². The third kappa shape index (κ3) is 3.13. The highest BCUT2D eigenvalue weighted by molar-refractivity contribution is 5.84. The molecule has 1 fully saturated rings. The summed E-state index contributed by atoms with van der Waals surface area (Å²) >= 11 is 0. The minimum absolute atomic E-state index is 0.526. The zero-order chi connectivity index (χ0) is 14.5. The number of rotatable bonds is 4. The van der Waals surface area contributed by atoms with Crippen LogP contribution in [0.25, 0.3) is 10.9 Å². The molecular weight excluding hydrogens is 264 g/mol. The maximum absolute atomic E-state index is 5.81. The van der Waals surface area contributed by atoms with Crippen molar-refractivity contribution in [3.63, 3.8) is 0 Å². The lowest BCUT2D eigenvalue weighted by Crippen LogP contribution is -2.44. The lowest BCUT2D eigenvalue weighted by Gasteiger charge is -2.27. The van der Waals surface area contributed by atoms with Gasteiger partial charge in [-0.2, -0.15) is 4.98 Å². The molecule has 0 atom stereocenters. The number of nitrogens with zero attached hydrogens (tertiary/aromatic N) is 3. The van der Waals surface area contributed by atoms with Crippen LogP contribution in [0, 0.1) is 0 Å². The van der Waals surface area contributed by atoms with E-state index in [1.807, 2.05) is 43.3 Å². The summed E-state index contributed by atoms with van der Waals surface area (Å²) in [5.41, 5.74) is 0.927. The smallest absolute Gasteiger partial charge is 0.229 e. The van der Waals surface area contributed by atoms with Crippen molar-refractivity contribution < 1.29 is 4.74 Å². The van der Waals surface area contributed by atoms with Crippen LogP contribution in [0.1, 0.15) is 6.92 Å². The zero-order valence-corrected chi connectivity index (χ0v) is 12.2. The molecule has 0 aliphatic carbocycles.